The number of nitrogens with one attached hydrogen (secondary N) is 2. The van der Waals surface area contributed by atoms with Gasteiger partial charge in [0.15, 0.2) is 0 Å². The monoisotopic (exact) mass is 374 g/mol. The minimum atomic E-state index is -0.685. The number of aliphatic hydroxyl groups excluding tert-OH is 2. The Hall–Kier alpha value is -2.34. The molecule has 2 amide bonds. The number of carbonyl (C=O) groups is 2. The maximum Gasteiger partial charge on any atom is 0.261 e. The van der Waals surface area contributed by atoms with Crippen LogP contribution in [0.3, 0.4) is 0 Å². The number of carbonyl (C=O) groups excluding carboxylic acids is 2. The highest BCUT2D eigenvalue weighted by Crippen LogP contribution is 2.25. The van der Waals surface area contributed by atoms with Crippen LogP contribution in [0, 0.1) is 5.92 Å². The standard InChI is InChI=1S/C21H30N2O4/c1-12(2)10-15-18(25)17(19(26)22-15)20(27)23-16(11-24)13-6-8-14(9-7-13)21(3,4)5/h6-9,12,15-16,24-25H,10-11H2,1-5H3,(H,22,26)(H,23,27). The third-order valence-corrected chi connectivity index (χ3v) is 4.72. The van der Waals surface area contributed by atoms with Crippen molar-refractivity contribution in [3.63, 3.8) is 0 Å². The number of aliphatic hydroxyl groups is 2. The largest absolute Gasteiger partial charge is 0.509 e. The second-order valence-electron chi connectivity index (χ2n) is 8.50. The predicted molar refractivity (Wildman–Crippen MR) is 104 cm³/mol. The van der Waals surface area contributed by atoms with Gasteiger partial charge in [-0.25, -0.2) is 0 Å². The number of benzene rings is 1. The van der Waals surface area contributed by atoms with E-state index in [1.165, 1.54) is 0 Å². The first-order valence-corrected chi connectivity index (χ1v) is 9.30. The van der Waals surface area contributed by atoms with Gasteiger partial charge in [0.05, 0.1) is 18.7 Å². The highest BCUT2D eigenvalue weighted by molar-refractivity contribution is 6.20. The summed E-state index contributed by atoms with van der Waals surface area (Å²) in [5, 5.41) is 25.3. The van der Waals surface area contributed by atoms with Crippen molar-refractivity contribution in [3.8, 4) is 0 Å². The van der Waals surface area contributed by atoms with E-state index in [4.69, 9.17) is 0 Å². The maximum atomic E-state index is 12.6. The molecule has 0 spiro atoms. The normalized spacial score (nSPS) is 18.6. The molecule has 6 heteroatoms. The van der Waals surface area contributed by atoms with E-state index in [2.05, 4.69) is 31.4 Å². The second kappa shape index (κ2) is 8.13. The summed E-state index contributed by atoms with van der Waals surface area (Å²) in [6.45, 7) is 9.95. The Balaban J connectivity index is 2.17. The van der Waals surface area contributed by atoms with E-state index in [-0.39, 0.29) is 29.3 Å². The van der Waals surface area contributed by atoms with E-state index >= 15 is 0 Å². The van der Waals surface area contributed by atoms with Crippen molar-refractivity contribution in [2.24, 2.45) is 5.92 Å². The van der Waals surface area contributed by atoms with Gasteiger partial charge in [-0.1, -0.05) is 58.9 Å². The van der Waals surface area contributed by atoms with Crippen molar-refractivity contribution >= 4 is 11.8 Å². The van der Waals surface area contributed by atoms with Gasteiger partial charge in [-0.05, 0) is 28.9 Å². The maximum absolute atomic E-state index is 12.6. The Morgan fingerprint density at radius 1 is 1.22 bits per heavy atom. The molecule has 0 saturated carbocycles. The average molecular weight is 374 g/mol. The molecule has 1 heterocycles. The minimum absolute atomic E-state index is 0.000450. The zero-order chi connectivity index (χ0) is 20.4. The third-order valence-electron chi connectivity index (χ3n) is 4.72. The molecule has 148 valence electrons. The smallest absolute Gasteiger partial charge is 0.261 e. The van der Waals surface area contributed by atoms with Crippen LogP contribution < -0.4 is 10.6 Å². The zero-order valence-electron chi connectivity index (χ0n) is 16.7. The Kier molecular flexibility index (Phi) is 6.31. The number of rotatable bonds is 6. The summed E-state index contributed by atoms with van der Waals surface area (Å²) in [4.78, 5) is 24.7. The molecule has 4 N–H and O–H groups in total. The van der Waals surface area contributed by atoms with Gasteiger partial charge in [0.25, 0.3) is 11.8 Å². The first-order valence-electron chi connectivity index (χ1n) is 9.30. The van der Waals surface area contributed by atoms with Gasteiger partial charge in [-0.3, -0.25) is 9.59 Å². The summed E-state index contributed by atoms with van der Waals surface area (Å²) in [5.41, 5.74) is 1.60. The van der Waals surface area contributed by atoms with Crippen molar-refractivity contribution in [1.29, 1.82) is 0 Å². The molecular weight excluding hydrogens is 344 g/mol. The van der Waals surface area contributed by atoms with Crippen LogP contribution in [0.25, 0.3) is 0 Å². The molecule has 2 atom stereocenters. The lowest BCUT2D eigenvalue weighted by atomic mass is 9.86. The van der Waals surface area contributed by atoms with Crippen LogP contribution in [0.5, 0.6) is 0 Å². The number of amides is 2. The van der Waals surface area contributed by atoms with Gasteiger partial charge < -0.3 is 20.8 Å². The fraction of sp³-hybridized carbons (Fsp3) is 0.524. The van der Waals surface area contributed by atoms with Crippen LogP contribution in [0.15, 0.2) is 35.6 Å². The van der Waals surface area contributed by atoms with Gasteiger partial charge in [0, 0.05) is 0 Å². The molecule has 0 bridgehead atoms. The van der Waals surface area contributed by atoms with E-state index in [0.29, 0.717) is 6.42 Å². The SMILES string of the molecule is CC(C)CC1NC(=O)C(C(=O)NC(CO)c2ccc(C(C)(C)C)cc2)=C1O. The Bertz CT molecular complexity index is 730. The molecular formula is C21H30N2O4. The molecule has 2 rings (SSSR count). The third kappa shape index (κ3) is 4.89. The number of hydrogen-bond acceptors (Lipinski definition) is 4. The molecule has 1 aromatic carbocycles. The van der Waals surface area contributed by atoms with E-state index in [9.17, 15) is 19.8 Å². The highest BCUT2D eigenvalue weighted by Gasteiger charge is 2.36. The van der Waals surface area contributed by atoms with Crippen molar-refractivity contribution < 1.29 is 19.8 Å². The molecule has 0 aliphatic carbocycles. The molecule has 0 fully saturated rings. The summed E-state index contributed by atoms with van der Waals surface area (Å²) >= 11 is 0. The molecule has 2 unspecified atom stereocenters. The van der Waals surface area contributed by atoms with Crippen molar-refractivity contribution in [3.05, 3.63) is 46.7 Å². The van der Waals surface area contributed by atoms with E-state index in [0.717, 1.165) is 11.1 Å². The lowest BCUT2D eigenvalue weighted by molar-refractivity contribution is -0.123. The Labute approximate surface area is 160 Å². The van der Waals surface area contributed by atoms with Gasteiger partial charge in [-0.2, -0.15) is 0 Å². The van der Waals surface area contributed by atoms with Gasteiger partial charge in [0.2, 0.25) is 0 Å². The summed E-state index contributed by atoms with van der Waals surface area (Å²) in [5.74, 6) is -1.25. The average Bonchev–Trinajstić information content (AvgIpc) is 2.85. The molecule has 1 aliphatic rings. The molecule has 6 nitrogen and oxygen atoms in total. The first kappa shape index (κ1) is 21.0. The Morgan fingerprint density at radius 2 is 1.81 bits per heavy atom. The van der Waals surface area contributed by atoms with Crippen LogP contribution >= 0.6 is 0 Å². The summed E-state index contributed by atoms with van der Waals surface area (Å²) in [6.07, 6.45) is 0.548. The zero-order valence-corrected chi connectivity index (χ0v) is 16.7. The van der Waals surface area contributed by atoms with Gasteiger partial charge in [0.1, 0.15) is 11.3 Å². The lowest BCUT2D eigenvalue weighted by Gasteiger charge is -2.21. The molecule has 1 aliphatic heterocycles. The lowest BCUT2D eigenvalue weighted by Crippen LogP contribution is -2.35. The fourth-order valence-electron chi connectivity index (χ4n) is 3.13. The predicted octanol–water partition coefficient (Wildman–Crippen LogP) is 2.49. The molecule has 1 aromatic rings. The highest BCUT2D eigenvalue weighted by atomic mass is 16.3. The summed E-state index contributed by atoms with van der Waals surface area (Å²) in [6, 6.07) is 6.42. The topological polar surface area (TPSA) is 98.7 Å². The van der Waals surface area contributed by atoms with Gasteiger partial charge >= 0.3 is 0 Å². The van der Waals surface area contributed by atoms with Crippen LogP contribution in [0.1, 0.15) is 58.2 Å². The van der Waals surface area contributed by atoms with Gasteiger partial charge in [-0.15, -0.1) is 0 Å². The quantitative estimate of drug-likeness (QED) is 0.575. The second-order valence-corrected chi connectivity index (χ2v) is 8.50. The van der Waals surface area contributed by atoms with Crippen LogP contribution in [0.4, 0.5) is 0 Å². The van der Waals surface area contributed by atoms with E-state index < -0.39 is 23.9 Å². The minimum Gasteiger partial charge on any atom is -0.509 e. The van der Waals surface area contributed by atoms with E-state index in [1.807, 2.05) is 38.1 Å². The van der Waals surface area contributed by atoms with Crippen LogP contribution in [0.2, 0.25) is 0 Å². The van der Waals surface area contributed by atoms with Crippen molar-refractivity contribution in [2.45, 2.75) is 58.5 Å². The molecule has 0 radical (unpaired) electrons. The molecule has 27 heavy (non-hydrogen) atoms. The summed E-state index contributed by atoms with van der Waals surface area (Å²) < 4.78 is 0. The molecule has 0 saturated heterocycles. The van der Waals surface area contributed by atoms with E-state index in [1.54, 1.807) is 0 Å². The van der Waals surface area contributed by atoms with Crippen LogP contribution in [-0.4, -0.2) is 34.7 Å². The Morgan fingerprint density at radius 3 is 2.30 bits per heavy atom. The van der Waals surface area contributed by atoms with Crippen molar-refractivity contribution in [1.82, 2.24) is 10.6 Å². The van der Waals surface area contributed by atoms with Crippen molar-refractivity contribution in [2.75, 3.05) is 6.61 Å². The summed E-state index contributed by atoms with van der Waals surface area (Å²) in [7, 11) is 0. The first-order chi connectivity index (χ1) is 12.5. The van der Waals surface area contributed by atoms with Crippen LogP contribution in [-0.2, 0) is 15.0 Å². The fourth-order valence-corrected chi connectivity index (χ4v) is 3.13. The molecule has 0 aromatic heterocycles. The number of hydrogen-bond donors (Lipinski definition) is 4.